The van der Waals surface area contributed by atoms with Crippen LogP contribution in [-0.2, 0) is 19.5 Å². The van der Waals surface area contributed by atoms with Crippen LogP contribution in [0.15, 0.2) is 60.7 Å². The molecule has 21 heavy (non-hydrogen) atoms. The fraction of sp³-hybridized carbons (Fsp3) is 0. The Morgan fingerprint density at radius 2 is 0.905 bits per heavy atom. The van der Waals surface area contributed by atoms with Crippen molar-refractivity contribution in [1.82, 2.24) is 0 Å². The van der Waals surface area contributed by atoms with Gasteiger partial charge in [0.1, 0.15) is 10.6 Å². The lowest BCUT2D eigenvalue weighted by Crippen LogP contribution is -2.33. The van der Waals surface area contributed by atoms with Crippen LogP contribution >= 0.6 is 5.67 Å². The summed E-state index contributed by atoms with van der Waals surface area (Å²) in [5.74, 6) is 0. The van der Waals surface area contributed by atoms with Crippen LogP contribution in [0.1, 0.15) is 0 Å². The molecule has 0 unspecified atom stereocenters. The summed E-state index contributed by atoms with van der Waals surface area (Å²) in [6, 6.07) is 13.9. The van der Waals surface area contributed by atoms with Gasteiger partial charge in [-0.1, -0.05) is 36.4 Å². The zero-order valence-electron chi connectivity index (χ0n) is 10.6. The van der Waals surface area contributed by atoms with Crippen LogP contribution in [0.5, 0.6) is 0 Å². The monoisotopic (exact) mass is 347 g/mol. The predicted molar refractivity (Wildman–Crippen MR) is 82.2 cm³/mol. The lowest BCUT2D eigenvalue weighted by atomic mass is 10.4. The Balaban J connectivity index is 3.02. The molecular weight excluding hydrogens is 335 g/mol. The van der Waals surface area contributed by atoms with Gasteiger partial charge < -0.3 is 0 Å². The first kappa shape index (κ1) is 16.1. The van der Waals surface area contributed by atoms with Crippen molar-refractivity contribution in [2.24, 2.45) is 0 Å². The molecule has 0 radical (unpaired) electrons. The second-order valence-corrected chi connectivity index (χ2v) is 14.8. The molecule has 0 saturated heterocycles. The third-order valence-electron chi connectivity index (χ3n) is 2.84. The summed E-state index contributed by atoms with van der Waals surface area (Å²) in [6.07, 6.45) is 0. The summed E-state index contributed by atoms with van der Waals surface area (Å²) in [5.41, 5.74) is -4.51. The zero-order valence-corrected chi connectivity index (χ0v) is 13.1. The maximum atomic E-state index is 12.0. The van der Waals surface area contributed by atoms with Gasteiger partial charge in [-0.2, -0.15) is 16.8 Å². The SMILES string of the molecule is O=S(=O)(O)[P+](c1ccccc1)(c1ccccc1)S(=O)(=O)O. The molecule has 0 atom stereocenters. The minimum Gasteiger partial charge on any atom is -0.255 e. The van der Waals surface area contributed by atoms with E-state index in [2.05, 4.69) is 0 Å². The van der Waals surface area contributed by atoms with Crippen LogP contribution in [0.25, 0.3) is 0 Å². The number of hydrogen-bond donors (Lipinski definition) is 2. The smallest absolute Gasteiger partial charge is 0.255 e. The van der Waals surface area contributed by atoms with Crippen molar-refractivity contribution in [3.8, 4) is 0 Å². The van der Waals surface area contributed by atoms with Gasteiger partial charge in [0, 0.05) is 0 Å². The minimum atomic E-state index is -5.12. The first-order chi connectivity index (χ1) is 9.71. The Labute approximate surface area is 122 Å². The highest BCUT2D eigenvalue weighted by atomic mass is 33.1. The summed E-state index contributed by atoms with van der Waals surface area (Å²) in [7, 11) is -10.2. The quantitative estimate of drug-likeness (QED) is 0.637. The van der Waals surface area contributed by atoms with E-state index in [0.717, 1.165) is 0 Å². The second kappa shape index (κ2) is 5.47. The Hall–Kier alpha value is -1.31. The van der Waals surface area contributed by atoms with Gasteiger partial charge in [-0.3, -0.25) is 9.11 Å². The fourth-order valence-electron chi connectivity index (χ4n) is 2.05. The first-order valence-corrected chi connectivity index (χ1v) is 11.5. The largest absolute Gasteiger partial charge is 0.409 e. The molecule has 0 saturated carbocycles. The van der Waals surface area contributed by atoms with Crippen molar-refractivity contribution in [2.75, 3.05) is 0 Å². The zero-order chi connectivity index (χ0) is 15.7. The van der Waals surface area contributed by atoms with E-state index in [4.69, 9.17) is 0 Å². The molecule has 0 heterocycles. The number of rotatable bonds is 4. The molecule has 6 nitrogen and oxygen atoms in total. The topological polar surface area (TPSA) is 109 Å². The van der Waals surface area contributed by atoms with Crippen molar-refractivity contribution in [2.45, 2.75) is 0 Å². The Morgan fingerprint density at radius 3 is 1.14 bits per heavy atom. The molecule has 0 aliphatic carbocycles. The van der Waals surface area contributed by atoms with Gasteiger partial charge in [0.15, 0.2) is 0 Å². The van der Waals surface area contributed by atoms with Crippen LogP contribution in [0, 0.1) is 0 Å². The molecule has 0 aliphatic heterocycles. The summed E-state index contributed by atoms with van der Waals surface area (Å²) in [5, 5.41) is -0.331. The van der Waals surface area contributed by atoms with E-state index in [-0.39, 0.29) is 10.6 Å². The lowest BCUT2D eigenvalue weighted by Gasteiger charge is -2.18. The molecule has 0 aliphatic rings. The fourth-order valence-corrected chi connectivity index (χ4v) is 12.3. The van der Waals surface area contributed by atoms with Gasteiger partial charge in [-0.05, 0) is 24.3 Å². The normalized spacial score (nSPS) is 13.0. The van der Waals surface area contributed by atoms with Gasteiger partial charge in [0.2, 0.25) is 0 Å². The molecule has 2 aromatic rings. The van der Waals surface area contributed by atoms with E-state index in [1.165, 1.54) is 48.5 Å². The summed E-state index contributed by atoms with van der Waals surface area (Å²) >= 11 is 0. The molecule has 0 spiro atoms. The molecule has 112 valence electrons. The summed E-state index contributed by atoms with van der Waals surface area (Å²) in [4.78, 5) is 0. The van der Waals surface area contributed by atoms with E-state index < -0.39 is 25.1 Å². The average molecular weight is 347 g/mol. The molecule has 0 amide bonds. The Morgan fingerprint density at radius 1 is 0.619 bits per heavy atom. The van der Waals surface area contributed by atoms with Gasteiger partial charge in [-0.15, -0.1) is 0 Å². The number of benzene rings is 2. The molecule has 2 aromatic carbocycles. The van der Waals surface area contributed by atoms with Crippen LogP contribution in [0.4, 0.5) is 0 Å². The van der Waals surface area contributed by atoms with E-state index in [1.54, 1.807) is 12.1 Å². The highest BCUT2D eigenvalue weighted by Gasteiger charge is 2.67. The second-order valence-electron chi connectivity index (χ2n) is 4.12. The van der Waals surface area contributed by atoms with E-state index in [1.807, 2.05) is 0 Å². The third-order valence-corrected chi connectivity index (χ3v) is 15.9. The minimum absolute atomic E-state index is 0.166. The Bertz CT molecular complexity index is 758. The van der Waals surface area contributed by atoms with Crippen LogP contribution in [0.2, 0.25) is 0 Å². The Kier molecular flexibility index (Phi) is 4.19. The van der Waals surface area contributed by atoms with Gasteiger partial charge >= 0.3 is 25.1 Å². The van der Waals surface area contributed by atoms with Crippen LogP contribution < -0.4 is 10.6 Å². The lowest BCUT2D eigenvalue weighted by molar-refractivity contribution is 0.497. The first-order valence-electron chi connectivity index (χ1n) is 5.67. The molecule has 9 heteroatoms. The van der Waals surface area contributed by atoms with E-state index in [9.17, 15) is 25.9 Å². The van der Waals surface area contributed by atoms with Gasteiger partial charge in [0.25, 0.3) is 0 Å². The van der Waals surface area contributed by atoms with E-state index >= 15 is 0 Å². The van der Waals surface area contributed by atoms with Crippen molar-refractivity contribution in [3.63, 3.8) is 0 Å². The molecular formula is C12H12O6PS2+. The summed E-state index contributed by atoms with van der Waals surface area (Å²) < 4.78 is 67.2. The molecule has 0 fully saturated rings. The highest BCUT2D eigenvalue weighted by Crippen LogP contribution is 2.66. The highest BCUT2D eigenvalue weighted by molar-refractivity contribution is 8.91. The number of hydrogen-bond acceptors (Lipinski definition) is 4. The molecule has 0 aromatic heterocycles. The summed E-state index contributed by atoms with van der Waals surface area (Å²) in [6.45, 7) is 0. The van der Waals surface area contributed by atoms with Crippen molar-refractivity contribution >= 4 is 35.8 Å². The van der Waals surface area contributed by atoms with E-state index in [0.29, 0.717) is 0 Å². The maximum absolute atomic E-state index is 12.0. The van der Waals surface area contributed by atoms with Gasteiger partial charge in [-0.25, -0.2) is 0 Å². The predicted octanol–water partition coefficient (Wildman–Crippen LogP) is 1.26. The van der Waals surface area contributed by atoms with Gasteiger partial charge in [0.05, 0.1) is 0 Å². The van der Waals surface area contributed by atoms with Crippen LogP contribution in [-0.4, -0.2) is 25.9 Å². The average Bonchev–Trinajstić information content (AvgIpc) is 2.38. The molecule has 2 rings (SSSR count). The third kappa shape index (κ3) is 2.61. The molecule has 2 N–H and O–H groups in total. The molecule has 0 bridgehead atoms. The van der Waals surface area contributed by atoms with Crippen molar-refractivity contribution < 1.29 is 25.9 Å². The van der Waals surface area contributed by atoms with Crippen molar-refractivity contribution in [1.29, 1.82) is 0 Å². The maximum Gasteiger partial charge on any atom is 0.409 e. The van der Waals surface area contributed by atoms with Crippen LogP contribution in [0.3, 0.4) is 0 Å². The van der Waals surface area contributed by atoms with Crippen molar-refractivity contribution in [3.05, 3.63) is 60.7 Å². The standard InChI is InChI=1S/C12H11O6PS2/c13-20(14,15)19(21(16,17)18,11-7-3-1-4-8-11)12-9-5-2-6-10-12/h1-10H,(H-,13,14,15,16,17,18)/p+1.